The number of nitrogens with one attached hydrogen (secondary N) is 2. The van der Waals surface area contributed by atoms with Crippen molar-refractivity contribution in [2.24, 2.45) is 0 Å². The molecule has 0 saturated carbocycles. The van der Waals surface area contributed by atoms with Gasteiger partial charge < -0.3 is 10.6 Å². The van der Waals surface area contributed by atoms with Crippen molar-refractivity contribution < 1.29 is 18.0 Å². The molecule has 0 bridgehead atoms. The summed E-state index contributed by atoms with van der Waals surface area (Å²) >= 11 is 3.31. The van der Waals surface area contributed by atoms with Gasteiger partial charge in [-0.2, -0.15) is 4.31 Å². The Hall–Kier alpha value is -2.23. The molecule has 0 radical (unpaired) electrons. The summed E-state index contributed by atoms with van der Waals surface area (Å²) in [6.45, 7) is 4.45. The molecular weight excluding hydrogens is 458 g/mol. The van der Waals surface area contributed by atoms with Crippen LogP contribution in [0, 0.1) is 0 Å². The summed E-state index contributed by atoms with van der Waals surface area (Å²) < 4.78 is 27.4. The van der Waals surface area contributed by atoms with Gasteiger partial charge in [-0.1, -0.05) is 35.8 Å². The monoisotopic (exact) mass is 481 g/mol. The van der Waals surface area contributed by atoms with Crippen LogP contribution in [0.2, 0.25) is 0 Å². The number of nitrogens with zero attached hydrogens (tertiary/aromatic N) is 1. The van der Waals surface area contributed by atoms with E-state index in [1.165, 1.54) is 16.4 Å². The Bertz CT molecular complexity index is 958. The van der Waals surface area contributed by atoms with Crippen LogP contribution >= 0.6 is 15.9 Å². The van der Waals surface area contributed by atoms with Gasteiger partial charge in [0.2, 0.25) is 15.9 Å². The summed E-state index contributed by atoms with van der Waals surface area (Å²) in [6.07, 6.45) is 0.0648. The van der Waals surface area contributed by atoms with Crippen molar-refractivity contribution in [1.82, 2.24) is 9.62 Å². The Morgan fingerprint density at radius 1 is 1.03 bits per heavy atom. The quantitative estimate of drug-likeness (QED) is 0.574. The van der Waals surface area contributed by atoms with Crippen molar-refractivity contribution in [2.45, 2.75) is 25.2 Å². The van der Waals surface area contributed by atoms with Crippen LogP contribution in [-0.4, -0.2) is 44.2 Å². The van der Waals surface area contributed by atoms with Crippen molar-refractivity contribution in [1.29, 1.82) is 0 Å². The molecule has 0 saturated heterocycles. The zero-order chi connectivity index (χ0) is 21.4. The van der Waals surface area contributed by atoms with Crippen LogP contribution < -0.4 is 10.6 Å². The minimum atomic E-state index is -3.60. The van der Waals surface area contributed by atoms with Crippen molar-refractivity contribution in [3.05, 3.63) is 58.6 Å². The number of carbonyl (C=O) groups is 2. The van der Waals surface area contributed by atoms with E-state index in [2.05, 4.69) is 26.6 Å². The maximum atomic E-state index is 12.6. The highest BCUT2D eigenvalue weighted by molar-refractivity contribution is 9.10. The summed E-state index contributed by atoms with van der Waals surface area (Å²) in [4.78, 5) is 24.3. The lowest BCUT2D eigenvalue weighted by Gasteiger charge is -2.18. The molecule has 2 amide bonds. The number of hydrogen-bond acceptors (Lipinski definition) is 4. The largest absolute Gasteiger partial charge is 0.352 e. The van der Waals surface area contributed by atoms with E-state index in [1.807, 2.05) is 0 Å². The van der Waals surface area contributed by atoms with Gasteiger partial charge in [-0.05, 0) is 42.5 Å². The molecule has 0 aliphatic heterocycles. The van der Waals surface area contributed by atoms with Gasteiger partial charge in [-0.25, -0.2) is 8.42 Å². The molecule has 2 rings (SSSR count). The molecule has 2 aromatic carbocycles. The molecule has 0 fully saturated rings. The fourth-order valence-electron chi connectivity index (χ4n) is 2.66. The van der Waals surface area contributed by atoms with E-state index in [4.69, 9.17) is 0 Å². The van der Waals surface area contributed by atoms with Crippen LogP contribution in [-0.2, 0) is 14.8 Å². The highest BCUT2D eigenvalue weighted by Gasteiger charge is 2.21. The van der Waals surface area contributed by atoms with Crippen LogP contribution in [0.1, 0.15) is 30.6 Å². The lowest BCUT2D eigenvalue weighted by Crippen LogP contribution is -2.30. The molecule has 0 unspecified atom stereocenters. The second kappa shape index (κ2) is 10.5. The van der Waals surface area contributed by atoms with E-state index in [0.29, 0.717) is 24.3 Å². The number of benzene rings is 2. The van der Waals surface area contributed by atoms with Crippen LogP contribution in [0.15, 0.2) is 57.9 Å². The summed E-state index contributed by atoms with van der Waals surface area (Å²) in [5.41, 5.74) is 0.894. The minimum absolute atomic E-state index is 0.0648. The van der Waals surface area contributed by atoms with Crippen molar-refractivity contribution in [3.8, 4) is 0 Å². The van der Waals surface area contributed by atoms with Gasteiger partial charge in [0, 0.05) is 41.8 Å². The second-order valence-corrected chi connectivity index (χ2v) is 9.03. The van der Waals surface area contributed by atoms with Gasteiger partial charge >= 0.3 is 0 Å². The molecule has 29 heavy (non-hydrogen) atoms. The van der Waals surface area contributed by atoms with Crippen LogP contribution in [0.5, 0.6) is 0 Å². The number of amides is 2. The SMILES string of the molecule is CCN(CC)S(=O)(=O)c1cccc(NC(=O)CCNC(=O)c2ccc(Br)cc2)c1. The molecule has 7 nitrogen and oxygen atoms in total. The molecule has 9 heteroatoms. The highest BCUT2D eigenvalue weighted by atomic mass is 79.9. The maximum absolute atomic E-state index is 12.6. The van der Waals surface area contributed by atoms with Crippen molar-refractivity contribution >= 4 is 43.5 Å². The molecule has 0 spiro atoms. The predicted octanol–water partition coefficient (Wildman–Crippen LogP) is 3.24. The van der Waals surface area contributed by atoms with Crippen LogP contribution in [0.4, 0.5) is 5.69 Å². The van der Waals surface area contributed by atoms with E-state index >= 15 is 0 Å². The fourth-order valence-corrected chi connectivity index (χ4v) is 4.43. The smallest absolute Gasteiger partial charge is 0.251 e. The van der Waals surface area contributed by atoms with Gasteiger partial charge in [0.1, 0.15) is 0 Å². The lowest BCUT2D eigenvalue weighted by atomic mass is 10.2. The van der Waals surface area contributed by atoms with E-state index in [0.717, 1.165) is 4.47 Å². The lowest BCUT2D eigenvalue weighted by molar-refractivity contribution is -0.116. The summed E-state index contributed by atoms with van der Waals surface area (Å²) in [7, 11) is -3.60. The maximum Gasteiger partial charge on any atom is 0.251 e. The predicted molar refractivity (Wildman–Crippen MR) is 116 cm³/mol. The summed E-state index contributed by atoms with van der Waals surface area (Å²) in [5.74, 6) is -0.587. The van der Waals surface area contributed by atoms with Crippen molar-refractivity contribution in [3.63, 3.8) is 0 Å². The second-order valence-electron chi connectivity index (χ2n) is 6.18. The Morgan fingerprint density at radius 2 is 1.69 bits per heavy atom. The standard InChI is InChI=1S/C20H24BrN3O4S/c1-3-24(4-2)29(27,28)18-7-5-6-17(14-18)23-19(25)12-13-22-20(26)15-8-10-16(21)11-9-15/h5-11,14H,3-4,12-13H2,1-2H3,(H,22,26)(H,23,25). The fraction of sp³-hybridized carbons (Fsp3) is 0.300. The number of halogens is 1. The number of sulfonamides is 1. The third kappa shape index (κ3) is 6.38. The van der Waals surface area contributed by atoms with Gasteiger partial charge in [-0.3, -0.25) is 9.59 Å². The Morgan fingerprint density at radius 3 is 2.31 bits per heavy atom. The number of rotatable bonds is 9. The van der Waals surface area contributed by atoms with E-state index in [-0.39, 0.29) is 29.7 Å². The zero-order valence-corrected chi connectivity index (χ0v) is 18.7. The molecule has 0 aliphatic rings. The molecule has 2 N–H and O–H groups in total. The molecule has 0 aromatic heterocycles. The summed E-state index contributed by atoms with van der Waals surface area (Å²) in [5, 5.41) is 5.35. The molecular formula is C20H24BrN3O4S. The van der Waals surface area contributed by atoms with E-state index < -0.39 is 10.0 Å². The molecule has 0 atom stereocenters. The third-order valence-electron chi connectivity index (χ3n) is 4.21. The average Bonchev–Trinajstić information content (AvgIpc) is 2.69. The number of carbonyl (C=O) groups excluding carboxylic acids is 2. The average molecular weight is 482 g/mol. The van der Waals surface area contributed by atoms with E-state index in [9.17, 15) is 18.0 Å². The van der Waals surface area contributed by atoms with E-state index in [1.54, 1.807) is 50.2 Å². The highest BCUT2D eigenvalue weighted by Crippen LogP contribution is 2.19. The first kappa shape index (κ1) is 23.1. The first-order valence-electron chi connectivity index (χ1n) is 9.21. The summed E-state index contributed by atoms with van der Waals surface area (Å²) in [6, 6.07) is 13.0. The third-order valence-corrected chi connectivity index (χ3v) is 6.78. The van der Waals surface area contributed by atoms with Gasteiger partial charge in [-0.15, -0.1) is 0 Å². The number of anilines is 1. The topological polar surface area (TPSA) is 95.6 Å². The first-order valence-corrected chi connectivity index (χ1v) is 11.4. The Labute approximate surface area is 179 Å². The molecule has 2 aromatic rings. The van der Waals surface area contributed by atoms with Gasteiger partial charge in [0.25, 0.3) is 5.91 Å². The first-order chi connectivity index (χ1) is 13.8. The number of hydrogen-bond donors (Lipinski definition) is 2. The van der Waals surface area contributed by atoms with Crippen molar-refractivity contribution in [2.75, 3.05) is 25.0 Å². The zero-order valence-electron chi connectivity index (χ0n) is 16.3. The Kier molecular flexibility index (Phi) is 8.36. The van der Waals surface area contributed by atoms with Gasteiger partial charge in [0.05, 0.1) is 4.90 Å². The minimum Gasteiger partial charge on any atom is -0.352 e. The van der Waals surface area contributed by atoms with Gasteiger partial charge in [0.15, 0.2) is 0 Å². The van der Waals surface area contributed by atoms with Crippen LogP contribution in [0.3, 0.4) is 0 Å². The van der Waals surface area contributed by atoms with Crippen LogP contribution in [0.25, 0.3) is 0 Å². The molecule has 0 aliphatic carbocycles. The normalized spacial score (nSPS) is 11.3. The molecule has 0 heterocycles. The molecule has 156 valence electrons. The Balaban J connectivity index is 1.92.